The first kappa shape index (κ1) is 15.4. The summed E-state index contributed by atoms with van der Waals surface area (Å²) in [5.74, 6) is 0.999. The minimum Gasteiger partial charge on any atom is -0.381 e. The van der Waals surface area contributed by atoms with Crippen molar-refractivity contribution in [2.45, 2.75) is 32.7 Å². The van der Waals surface area contributed by atoms with Crippen LogP contribution in [0.4, 0.5) is 17.5 Å². The molecule has 0 radical (unpaired) electrons. The molecule has 1 aliphatic rings. The first-order valence-electron chi connectivity index (χ1n) is 7.21. The van der Waals surface area contributed by atoms with E-state index in [1.54, 1.807) is 0 Å². The van der Waals surface area contributed by atoms with Crippen LogP contribution in [0, 0.1) is 16.0 Å². The van der Waals surface area contributed by atoms with Crippen molar-refractivity contribution in [1.29, 1.82) is 0 Å². The summed E-state index contributed by atoms with van der Waals surface area (Å²) in [6.45, 7) is 6.16. The lowest BCUT2D eigenvalue weighted by Gasteiger charge is -2.19. The fourth-order valence-corrected chi connectivity index (χ4v) is 2.22. The van der Waals surface area contributed by atoms with Gasteiger partial charge in [0.1, 0.15) is 6.20 Å². The van der Waals surface area contributed by atoms with Crippen molar-refractivity contribution in [1.82, 2.24) is 9.97 Å². The molecule has 0 bridgehead atoms. The number of hydrogen-bond donors (Lipinski definition) is 2. The normalized spacial score (nSPS) is 19.2. The summed E-state index contributed by atoms with van der Waals surface area (Å²) in [5.41, 5.74) is -0.109. The summed E-state index contributed by atoms with van der Waals surface area (Å²) in [6.07, 6.45) is 3.12. The Balaban J connectivity index is 2.14. The molecular weight excluding hydrogens is 274 g/mol. The number of anilines is 2. The van der Waals surface area contributed by atoms with Crippen LogP contribution in [0.25, 0.3) is 0 Å². The lowest BCUT2D eigenvalue weighted by atomic mass is 10.0. The van der Waals surface area contributed by atoms with Gasteiger partial charge in [-0.25, -0.2) is 4.98 Å². The van der Waals surface area contributed by atoms with Crippen LogP contribution in [0.15, 0.2) is 6.20 Å². The Bertz CT molecular complexity index is 491. The molecule has 1 aromatic heterocycles. The lowest BCUT2D eigenvalue weighted by Crippen LogP contribution is -2.27. The Morgan fingerprint density at radius 3 is 3.05 bits per heavy atom. The SMILES string of the molecule is CCCNc1ncc([N+](=O)[O-])c(NC(C)C2CCOC2)n1. The number of hydrogen-bond acceptors (Lipinski definition) is 7. The third kappa shape index (κ3) is 4.01. The van der Waals surface area contributed by atoms with Crippen molar-refractivity contribution in [3.05, 3.63) is 16.3 Å². The van der Waals surface area contributed by atoms with E-state index >= 15 is 0 Å². The predicted octanol–water partition coefficient (Wildman–Crippen LogP) is 2.04. The number of rotatable bonds is 7. The summed E-state index contributed by atoms with van der Waals surface area (Å²) >= 11 is 0. The van der Waals surface area contributed by atoms with Crippen LogP contribution in [-0.4, -0.2) is 40.7 Å². The van der Waals surface area contributed by atoms with Crippen molar-refractivity contribution in [2.75, 3.05) is 30.4 Å². The van der Waals surface area contributed by atoms with Crippen LogP contribution < -0.4 is 10.6 Å². The maximum atomic E-state index is 11.1. The molecular formula is C13H21N5O3. The molecule has 0 aromatic carbocycles. The van der Waals surface area contributed by atoms with Gasteiger partial charge in [0, 0.05) is 25.1 Å². The Hall–Kier alpha value is -1.96. The fourth-order valence-electron chi connectivity index (χ4n) is 2.22. The molecule has 0 saturated carbocycles. The van der Waals surface area contributed by atoms with Gasteiger partial charge in [0.15, 0.2) is 0 Å². The summed E-state index contributed by atoms with van der Waals surface area (Å²) < 4.78 is 5.35. The molecule has 1 aromatic rings. The minimum absolute atomic E-state index is 0.0557. The van der Waals surface area contributed by atoms with Crippen molar-refractivity contribution in [3.63, 3.8) is 0 Å². The molecule has 0 aliphatic carbocycles. The zero-order chi connectivity index (χ0) is 15.2. The molecule has 2 unspecified atom stereocenters. The summed E-state index contributed by atoms with van der Waals surface area (Å²) in [7, 11) is 0. The average Bonchev–Trinajstić information content (AvgIpc) is 2.99. The van der Waals surface area contributed by atoms with Gasteiger partial charge < -0.3 is 15.4 Å². The monoisotopic (exact) mass is 295 g/mol. The highest BCUT2D eigenvalue weighted by molar-refractivity contribution is 5.57. The van der Waals surface area contributed by atoms with E-state index in [0.717, 1.165) is 26.0 Å². The quantitative estimate of drug-likeness (QED) is 0.586. The molecule has 21 heavy (non-hydrogen) atoms. The van der Waals surface area contributed by atoms with Crippen LogP contribution in [0.1, 0.15) is 26.7 Å². The average molecular weight is 295 g/mol. The van der Waals surface area contributed by atoms with Crippen LogP contribution in [0.2, 0.25) is 0 Å². The van der Waals surface area contributed by atoms with Crippen molar-refractivity contribution in [3.8, 4) is 0 Å². The molecule has 2 atom stereocenters. The van der Waals surface area contributed by atoms with Crippen LogP contribution in [0.5, 0.6) is 0 Å². The van der Waals surface area contributed by atoms with E-state index in [1.807, 2.05) is 13.8 Å². The van der Waals surface area contributed by atoms with Crippen LogP contribution in [0.3, 0.4) is 0 Å². The standard InChI is InChI=1S/C13H21N5O3/c1-3-5-14-13-15-7-11(18(19)20)12(17-13)16-9(2)10-4-6-21-8-10/h7,9-10H,3-6,8H2,1-2H3,(H2,14,15,16,17). The zero-order valence-corrected chi connectivity index (χ0v) is 12.3. The third-order valence-electron chi connectivity index (χ3n) is 3.54. The highest BCUT2D eigenvalue weighted by atomic mass is 16.6. The van der Waals surface area contributed by atoms with Gasteiger partial charge in [-0.3, -0.25) is 10.1 Å². The second-order valence-corrected chi connectivity index (χ2v) is 5.17. The van der Waals surface area contributed by atoms with Gasteiger partial charge in [-0.05, 0) is 19.8 Å². The topological polar surface area (TPSA) is 102 Å². The molecule has 116 valence electrons. The largest absolute Gasteiger partial charge is 0.381 e. The molecule has 0 spiro atoms. The van der Waals surface area contributed by atoms with Crippen molar-refractivity contribution >= 4 is 17.5 Å². The summed E-state index contributed by atoms with van der Waals surface area (Å²) in [5, 5.41) is 17.3. The highest BCUT2D eigenvalue weighted by Crippen LogP contribution is 2.26. The molecule has 1 aliphatic heterocycles. The smallest absolute Gasteiger partial charge is 0.329 e. The van der Waals surface area contributed by atoms with Crippen molar-refractivity contribution < 1.29 is 9.66 Å². The number of ether oxygens (including phenoxy) is 1. The lowest BCUT2D eigenvalue weighted by molar-refractivity contribution is -0.384. The Kier molecular flexibility index (Phi) is 5.26. The van der Waals surface area contributed by atoms with E-state index in [4.69, 9.17) is 4.74 Å². The molecule has 1 fully saturated rings. The minimum atomic E-state index is -0.468. The van der Waals surface area contributed by atoms with E-state index in [-0.39, 0.29) is 17.5 Å². The van der Waals surface area contributed by atoms with E-state index in [0.29, 0.717) is 18.5 Å². The predicted molar refractivity (Wildman–Crippen MR) is 79.5 cm³/mol. The number of nitrogens with one attached hydrogen (secondary N) is 2. The number of nitro groups is 1. The zero-order valence-electron chi connectivity index (χ0n) is 12.3. The van der Waals surface area contributed by atoms with E-state index < -0.39 is 4.92 Å². The summed E-state index contributed by atoms with van der Waals surface area (Å²) in [6, 6.07) is 0.0557. The Labute approximate surface area is 123 Å². The first-order valence-corrected chi connectivity index (χ1v) is 7.21. The molecule has 2 N–H and O–H groups in total. The maximum absolute atomic E-state index is 11.1. The van der Waals surface area contributed by atoms with E-state index in [9.17, 15) is 10.1 Å². The molecule has 8 nitrogen and oxygen atoms in total. The van der Waals surface area contributed by atoms with Gasteiger partial charge in [0.05, 0.1) is 11.5 Å². The van der Waals surface area contributed by atoms with Crippen LogP contribution >= 0.6 is 0 Å². The molecule has 2 heterocycles. The highest BCUT2D eigenvalue weighted by Gasteiger charge is 2.25. The Morgan fingerprint density at radius 1 is 1.62 bits per heavy atom. The van der Waals surface area contributed by atoms with Gasteiger partial charge in [-0.15, -0.1) is 0 Å². The van der Waals surface area contributed by atoms with E-state index in [1.165, 1.54) is 6.20 Å². The fraction of sp³-hybridized carbons (Fsp3) is 0.692. The number of nitrogens with zero attached hydrogens (tertiary/aromatic N) is 3. The van der Waals surface area contributed by atoms with Gasteiger partial charge in [0.2, 0.25) is 11.8 Å². The molecule has 2 rings (SSSR count). The van der Waals surface area contributed by atoms with E-state index in [2.05, 4.69) is 20.6 Å². The second kappa shape index (κ2) is 7.16. The maximum Gasteiger partial charge on any atom is 0.329 e. The Morgan fingerprint density at radius 2 is 2.43 bits per heavy atom. The van der Waals surface area contributed by atoms with Gasteiger partial charge in [-0.1, -0.05) is 6.92 Å². The van der Waals surface area contributed by atoms with Gasteiger partial charge in [-0.2, -0.15) is 4.98 Å². The van der Waals surface area contributed by atoms with Gasteiger partial charge >= 0.3 is 5.69 Å². The molecule has 1 saturated heterocycles. The third-order valence-corrected chi connectivity index (χ3v) is 3.54. The first-order chi connectivity index (χ1) is 10.1. The second-order valence-electron chi connectivity index (χ2n) is 5.17. The molecule has 8 heteroatoms. The van der Waals surface area contributed by atoms with Crippen LogP contribution in [-0.2, 0) is 4.74 Å². The summed E-state index contributed by atoms with van der Waals surface area (Å²) in [4.78, 5) is 18.8. The van der Waals surface area contributed by atoms with Crippen molar-refractivity contribution in [2.24, 2.45) is 5.92 Å². The number of aromatic nitrogens is 2. The molecule has 0 amide bonds. The van der Waals surface area contributed by atoms with Gasteiger partial charge in [0.25, 0.3) is 0 Å².